The second-order valence-corrected chi connectivity index (χ2v) is 8.09. The summed E-state index contributed by atoms with van der Waals surface area (Å²) in [6, 6.07) is 20.2. The number of rotatable bonds is 3. The number of halogens is 1. The molecule has 5 rings (SSSR count). The summed E-state index contributed by atoms with van der Waals surface area (Å²) in [7, 11) is 0. The standard InChI is InChI=1S/C24H22ClN3O2/c25-16-9-10-26-22(13-16)23-14-28(12-11-27-23)24(29)30-15-21-19-7-3-1-5-17(19)18-6-2-4-8-20(18)21/h1-10,13,21,23,27H,11-12,14-15H2. The second-order valence-electron chi connectivity index (χ2n) is 7.66. The molecule has 152 valence electrons. The number of nitrogens with zero attached hydrogens (tertiary/aromatic N) is 2. The van der Waals surface area contributed by atoms with E-state index in [1.807, 2.05) is 18.2 Å². The minimum Gasteiger partial charge on any atom is -0.448 e. The molecular formula is C24H22ClN3O2. The lowest BCUT2D eigenvalue weighted by Gasteiger charge is -2.33. The lowest BCUT2D eigenvalue weighted by atomic mass is 9.98. The molecule has 0 bridgehead atoms. The average Bonchev–Trinajstić information content (AvgIpc) is 3.11. The molecule has 1 unspecified atom stereocenters. The van der Waals surface area contributed by atoms with Crippen molar-refractivity contribution in [1.82, 2.24) is 15.2 Å². The van der Waals surface area contributed by atoms with E-state index in [1.165, 1.54) is 22.3 Å². The highest BCUT2D eigenvalue weighted by Gasteiger charge is 2.31. The molecule has 0 radical (unpaired) electrons. The lowest BCUT2D eigenvalue weighted by Crippen LogP contribution is -2.48. The zero-order chi connectivity index (χ0) is 20.5. The maximum Gasteiger partial charge on any atom is 0.409 e. The quantitative estimate of drug-likeness (QED) is 0.672. The lowest BCUT2D eigenvalue weighted by molar-refractivity contribution is 0.0880. The van der Waals surface area contributed by atoms with Crippen molar-refractivity contribution in [1.29, 1.82) is 0 Å². The first-order valence-electron chi connectivity index (χ1n) is 10.2. The Morgan fingerprint density at radius 3 is 2.50 bits per heavy atom. The molecule has 1 amide bonds. The maximum atomic E-state index is 12.9. The Hall–Kier alpha value is -2.89. The molecule has 2 aromatic carbocycles. The number of benzene rings is 2. The first-order valence-corrected chi connectivity index (χ1v) is 10.5. The zero-order valence-corrected chi connectivity index (χ0v) is 17.2. The molecule has 6 heteroatoms. The fourth-order valence-electron chi connectivity index (χ4n) is 4.41. The molecule has 2 aliphatic rings. The molecule has 1 aromatic heterocycles. The molecule has 3 aromatic rings. The van der Waals surface area contributed by atoms with Crippen LogP contribution in [0.5, 0.6) is 0 Å². The SMILES string of the molecule is O=C(OCC1c2ccccc2-c2ccccc21)N1CCNC(c2cc(Cl)ccn2)C1. The Labute approximate surface area is 180 Å². The van der Waals surface area contributed by atoms with Crippen molar-refractivity contribution in [3.05, 3.63) is 88.7 Å². The Balaban J connectivity index is 1.28. The summed E-state index contributed by atoms with van der Waals surface area (Å²) in [4.78, 5) is 19.0. The molecule has 1 aliphatic carbocycles. The van der Waals surface area contributed by atoms with Gasteiger partial charge in [-0.05, 0) is 34.4 Å². The summed E-state index contributed by atoms with van der Waals surface area (Å²) in [5.74, 6) is 0.0645. The fraction of sp³-hybridized carbons (Fsp3) is 0.250. The van der Waals surface area contributed by atoms with Gasteiger partial charge in [0.1, 0.15) is 6.61 Å². The van der Waals surface area contributed by atoms with Gasteiger partial charge in [-0.3, -0.25) is 4.98 Å². The third-order valence-corrected chi connectivity index (χ3v) is 6.10. The van der Waals surface area contributed by atoms with Gasteiger partial charge in [-0.15, -0.1) is 0 Å². The highest BCUT2D eigenvalue weighted by Crippen LogP contribution is 2.44. The van der Waals surface area contributed by atoms with Crippen molar-refractivity contribution in [2.45, 2.75) is 12.0 Å². The van der Waals surface area contributed by atoms with Crippen LogP contribution in [0.15, 0.2) is 66.9 Å². The summed E-state index contributed by atoms with van der Waals surface area (Å²) < 4.78 is 5.80. The fourth-order valence-corrected chi connectivity index (χ4v) is 4.58. The summed E-state index contributed by atoms with van der Waals surface area (Å²) >= 11 is 6.09. The number of hydrogen-bond donors (Lipinski definition) is 1. The van der Waals surface area contributed by atoms with E-state index in [1.54, 1.807) is 17.2 Å². The molecule has 1 N–H and O–H groups in total. The molecule has 0 spiro atoms. The Morgan fingerprint density at radius 2 is 1.80 bits per heavy atom. The van der Waals surface area contributed by atoms with Crippen LogP contribution >= 0.6 is 11.6 Å². The summed E-state index contributed by atoms with van der Waals surface area (Å²) in [5.41, 5.74) is 5.71. The molecule has 1 aliphatic heterocycles. The normalized spacial score (nSPS) is 18.0. The van der Waals surface area contributed by atoms with Crippen molar-refractivity contribution < 1.29 is 9.53 Å². The number of ether oxygens (including phenoxy) is 1. The first-order chi connectivity index (χ1) is 14.7. The minimum atomic E-state index is -0.287. The summed E-state index contributed by atoms with van der Waals surface area (Å²) in [6.07, 6.45) is 1.40. The second kappa shape index (κ2) is 8.09. The van der Waals surface area contributed by atoms with E-state index in [9.17, 15) is 4.79 Å². The Bertz CT molecular complexity index is 1040. The molecular weight excluding hydrogens is 398 g/mol. The van der Waals surface area contributed by atoms with Crippen LogP contribution in [-0.4, -0.2) is 42.2 Å². The molecule has 5 nitrogen and oxygen atoms in total. The van der Waals surface area contributed by atoms with Crippen LogP contribution in [0.25, 0.3) is 11.1 Å². The van der Waals surface area contributed by atoms with E-state index in [0.29, 0.717) is 31.3 Å². The number of piperazine rings is 1. The van der Waals surface area contributed by atoms with Gasteiger partial charge in [-0.25, -0.2) is 4.79 Å². The number of aromatic nitrogens is 1. The van der Waals surface area contributed by atoms with Crippen LogP contribution in [0.1, 0.15) is 28.8 Å². The van der Waals surface area contributed by atoms with Gasteiger partial charge in [0.2, 0.25) is 0 Å². The van der Waals surface area contributed by atoms with Gasteiger partial charge in [-0.1, -0.05) is 60.1 Å². The van der Waals surface area contributed by atoms with Crippen LogP contribution < -0.4 is 5.32 Å². The number of fused-ring (bicyclic) bond motifs is 3. The molecule has 2 heterocycles. The van der Waals surface area contributed by atoms with Gasteiger partial charge in [0.15, 0.2) is 0 Å². The predicted octanol–water partition coefficient (Wildman–Crippen LogP) is 4.63. The highest BCUT2D eigenvalue weighted by atomic mass is 35.5. The summed E-state index contributed by atoms with van der Waals surface area (Å²) in [6.45, 7) is 2.12. The number of carbonyl (C=O) groups is 1. The van der Waals surface area contributed by atoms with Gasteiger partial charge in [0.05, 0.1) is 11.7 Å². The molecule has 1 fully saturated rings. The molecule has 30 heavy (non-hydrogen) atoms. The smallest absolute Gasteiger partial charge is 0.409 e. The molecule has 1 atom stereocenters. The van der Waals surface area contributed by atoms with Crippen LogP contribution in [0.3, 0.4) is 0 Å². The van der Waals surface area contributed by atoms with Gasteiger partial charge < -0.3 is 15.0 Å². The van der Waals surface area contributed by atoms with Crippen LogP contribution in [0, 0.1) is 0 Å². The third-order valence-electron chi connectivity index (χ3n) is 5.87. The van der Waals surface area contributed by atoms with E-state index >= 15 is 0 Å². The van der Waals surface area contributed by atoms with E-state index in [0.717, 1.165) is 5.69 Å². The van der Waals surface area contributed by atoms with Crippen molar-refractivity contribution in [2.24, 2.45) is 0 Å². The van der Waals surface area contributed by atoms with Gasteiger partial charge in [0.25, 0.3) is 0 Å². The number of hydrogen-bond acceptors (Lipinski definition) is 4. The van der Waals surface area contributed by atoms with Gasteiger partial charge >= 0.3 is 6.09 Å². The topological polar surface area (TPSA) is 54.5 Å². The van der Waals surface area contributed by atoms with Gasteiger partial charge in [0, 0.05) is 36.8 Å². The van der Waals surface area contributed by atoms with Crippen molar-refractivity contribution >= 4 is 17.7 Å². The average molecular weight is 420 g/mol. The Morgan fingerprint density at radius 1 is 1.10 bits per heavy atom. The number of pyridine rings is 1. The monoisotopic (exact) mass is 419 g/mol. The van der Waals surface area contributed by atoms with Gasteiger partial charge in [-0.2, -0.15) is 0 Å². The van der Waals surface area contributed by atoms with E-state index in [-0.39, 0.29) is 18.1 Å². The van der Waals surface area contributed by atoms with Crippen molar-refractivity contribution in [3.63, 3.8) is 0 Å². The minimum absolute atomic E-state index is 0.0575. The third kappa shape index (κ3) is 3.55. The zero-order valence-electron chi connectivity index (χ0n) is 16.4. The van der Waals surface area contributed by atoms with E-state index in [2.05, 4.69) is 46.7 Å². The van der Waals surface area contributed by atoms with Crippen LogP contribution in [0.2, 0.25) is 5.02 Å². The van der Waals surface area contributed by atoms with Crippen molar-refractivity contribution in [2.75, 3.05) is 26.2 Å². The first kappa shape index (κ1) is 19.1. The number of nitrogens with one attached hydrogen (secondary N) is 1. The van der Waals surface area contributed by atoms with E-state index in [4.69, 9.17) is 16.3 Å². The van der Waals surface area contributed by atoms with Crippen LogP contribution in [0.4, 0.5) is 4.79 Å². The maximum absolute atomic E-state index is 12.9. The molecule has 1 saturated heterocycles. The predicted molar refractivity (Wildman–Crippen MR) is 117 cm³/mol. The van der Waals surface area contributed by atoms with Crippen molar-refractivity contribution in [3.8, 4) is 11.1 Å². The highest BCUT2D eigenvalue weighted by molar-refractivity contribution is 6.30. The van der Waals surface area contributed by atoms with Crippen LogP contribution in [-0.2, 0) is 4.74 Å². The number of carbonyl (C=O) groups excluding carboxylic acids is 1. The summed E-state index contributed by atoms with van der Waals surface area (Å²) in [5, 5.41) is 4.04. The van der Waals surface area contributed by atoms with E-state index < -0.39 is 0 Å². The Kier molecular flexibility index (Phi) is 5.15. The largest absolute Gasteiger partial charge is 0.448 e. The molecule has 0 saturated carbocycles. The number of amides is 1.